The van der Waals surface area contributed by atoms with Gasteiger partial charge >= 0.3 is 6.18 Å². The molecule has 0 unspecified atom stereocenters. The van der Waals surface area contributed by atoms with Gasteiger partial charge in [0.1, 0.15) is 11.3 Å². The van der Waals surface area contributed by atoms with E-state index in [-0.39, 0.29) is 10.8 Å². The third-order valence-corrected chi connectivity index (χ3v) is 2.92. The SMILES string of the molecule is Oc1nccc(C(F)(F)F)c1Oc1cc(Cl)cc(Br)c1. The monoisotopic (exact) mass is 367 g/mol. The molecular formula is C12H6BrClF3NO2. The first-order chi connectivity index (χ1) is 9.27. The van der Waals surface area contributed by atoms with Crippen molar-refractivity contribution in [2.45, 2.75) is 6.18 Å². The Balaban J connectivity index is 2.48. The molecule has 1 aromatic heterocycles. The Labute approximate surface area is 125 Å². The van der Waals surface area contributed by atoms with Gasteiger partial charge in [-0.1, -0.05) is 27.5 Å². The normalized spacial score (nSPS) is 11.4. The van der Waals surface area contributed by atoms with Gasteiger partial charge in [0.15, 0.2) is 0 Å². The lowest BCUT2D eigenvalue weighted by Gasteiger charge is -2.14. The maximum absolute atomic E-state index is 12.8. The highest BCUT2D eigenvalue weighted by Gasteiger charge is 2.36. The Hall–Kier alpha value is -1.47. The highest BCUT2D eigenvalue weighted by molar-refractivity contribution is 9.10. The summed E-state index contributed by atoms with van der Waals surface area (Å²) in [5.74, 6) is -1.58. The first-order valence-corrected chi connectivity index (χ1v) is 6.33. The molecule has 0 aliphatic heterocycles. The number of rotatable bonds is 2. The van der Waals surface area contributed by atoms with Gasteiger partial charge in [-0.3, -0.25) is 0 Å². The second kappa shape index (κ2) is 5.49. The highest BCUT2D eigenvalue weighted by Crippen LogP contribution is 2.42. The number of benzene rings is 1. The van der Waals surface area contributed by atoms with Gasteiger partial charge in [0.2, 0.25) is 5.75 Å². The van der Waals surface area contributed by atoms with Crippen LogP contribution >= 0.6 is 27.5 Å². The lowest BCUT2D eigenvalue weighted by atomic mass is 10.2. The van der Waals surface area contributed by atoms with Gasteiger partial charge in [-0.15, -0.1) is 0 Å². The summed E-state index contributed by atoms with van der Waals surface area (Å²) in [6, 6.07) is 4.99. The van der Waals surface area contributed by atoms with Crippen LogP contribution in [0.4, 0.5) is 13.2 Å². The molecule has 0 bridgehead atoms. The van der Waals surface area contributed by atoms with Crippen molar-refractivity contribution in [1.82, 2.24) is 4.98 Å². The highest BCUT2D eigenvalue weighted by atomic mass is 79.9. The first-order valence-electron chi connectivity index (χ1n) is 5.16. The Kier molecular flexibility index (Phi) is 4.10. The van der Waals surface area contributed by atoms with Crippen molar-refractivity contribution in [2.24, 2.45) is 0 Å². The average Bonchev–Trinajstić information content (AvgIpc) is 2.29. The van der Waals surface area contributed by atoms with Crippen LogP contribution in [0.15, 0.2) is 34.9 Å². The number of hydrogen-bond donors (Lipinski definition) is 1. The van der Waals surface area contributed by atoms with Crippen molar-refractivity contribution in [3.63, 3.8) is 0 Å². The molecule has 20 heavy (non-hydrogen) atoms. The van der Waals surface area contributed by atoms with E-state index in [1.54, 1.807) is 6.07 Å². The number of pyridine rings is 1. The Morgan fingerprint density at radius 3 is 2.55 bits per heavy atom. The third kappa shape index (κ3) is 3.34. The van der Waals surface area contributed by atoms with E-state index in [0.717, 1.165) is 6.20 Å². The molecule has 0 saturated heterocycles. The van der Waals surface area contributed by atoms with Gasteiger partial charge in [0, 0.05) is 15.7 Å². The molecule has 2 rings (SSSR count). The molecule has 0 spiro atoms. The zero-order valence-corrected chi connectivity index (χ0v) is 11.9. The van der Waals surface area contributed by atoms with Gasteiger partial charge in [0.25, 0.3) is 5.88 Å². The molecule has 3 nitrogen and oxygen atoms in total. The Morgan fingerprint density at radius 2 is 1.95 bits per heavy atom. The number of aromatic nitrogens is 1. The molecule has 0 atom stereocenters. The van der Waals surface area contributed by atoms with Crippen LogP contribution in [0, 0.1) is 0 Å². The van der Waals surface area contributed by atoms with Crippen molar-refractivity contribution in [1.29, 1.82) is 0 Å². The summed E-state index contributed by atoms with van der Waals surface area (Å²) in [7, 11) is 0. The quantitative estimate of drug-likeness (QED) is 0.810. The largest absolute Gasteiger partial charge is 0.491 e. The van der Waals surface area contributed by atoms with Gasteiger partial charge in [-0.05, 0) is 24.3 Å². The first kappa shape index (κ1) is 14.9. The van der Waals surface area contributed by atoms with Gasteiger partial charge < -0.3 is 9.84 Å². The number of halogens is 5. The number of alkyl halides is 3. The molecule has 0 aliphatic carbocycles. The van der Waals surface area contributed by atoms with Crippen molar-refractivity contribution in [2.75, 3.05) is 0 Å². The molecular weight excluding hydrogens is 362 g/mol. The van der Waals surface area contributed by atoms with E-state index < -0.39 is 23.4 Å². The standard InChI is InChI=1S/C12H6BrClF3NO2/c13-6-3-7(14)5-8(4-6)20-10-9(12(15,16)17)1-2-18-11(10)19/h1-5H,(H,18,19). The molecule has 1 aromatic carbocycles. The fourth-order valence-corrected chi connectivity index (χ4v) is 2.30. The predicted molar refractivity (Wildman–Crippen MR) is 70.1 cm³/mol. The molecule has 2 aromatic rings. The van der Waals surface area contributed by atoms with Gasteiger partial charge in [-0.25, -0.2) is 4.98 Å². The van der Waals surface area contributed by atoms with Crippen molar-refractivity contribution >= 4 is 27.5 Å². The van der Waals surface area contributed by atoms with E-state index in [9.17, 15) is 18.3 Å². The van der Waals surface area contributed by atoms with Crippen LogP contribution < -0.4 is 4.74 Å². The van der Waals surface area contributed by atoms with Crippen LogP contribution in [0.1, 0.15) is 5.56 Å². The topological polar surface area (TPSA) is 42.4 Å². The molecule has 1 heterocycles. The molecule has 0 saturated carbocycles. The molecule has 0 aliphatic rings. The number of nitrogens with zero attached hydrogens (tertiary/aromatic N) is 1. The van der Waals surface area contributed by atoms with Crippen molar-refractivity contribution in [3.05, 3.63) is 45.5 Å². The Morgan fingerprint density at radius 1 is 1.25 bits per heavy atom. The van der Waals surface area contributed by atoms with Crippen LogP contribution in [0.25, 0.3) is 0 Å². The molecule has 0 fully saturated rings. The van der Waals surface area contributed by atoms with Crippen LogP contribution in [-0.4, -0.2) is 10.1 Å². The van der Waals surface area contributed by atoms with Crippen LogP contribution in [-0.2, 0) is 6.18 Å². The molecule has 0 amide bonds. The van der Waals surface area contributed by atoms with Crippen molar-refractivity contribution < 1.29 is 23.0 Å². The summed E-state index contributed by atoms with van der Waals surface area (Å²) in [4.78, 5) is 3.38. The van der Waals surface area contributed by atoms with E-state index in [0.29, 0.717) is 10.5 Å². The fourth-order valence-electron chi connectivity index (χ4n) is 1.47. The second-order valence-corrected chi connectivity index (χ2v) is 5.07. The third-order valence-electron chi connectivity index (χ3n) is 2.25. The van der Waals surface area contributed by atoms with E-state index in [4.69, 9.17) is 16.3 Å². The zero-order chi connectivity index (χ0) is 14.9. The summed E-state index contributed by atoms with van der Waals surface area (Å²) < 4.78 is 44.1. The summed E-state index contributed by atoms with van der Waals surface area (Å²) >= 11 is 8.91. The zero-order valence-electron chi connectivity index (χ0n) is 9.58. The van der Waals surface area contributed by atoms with E-state index in [1.807, 2.05) is 0 Å². The smallest absolute Gasteiger partial charge is 0.420 e. The van der Waals surface area contributed by atoms with Crippen molar-refractivity contribution in [3.8, 4) is 17.4 Å². The van der Waals surface area contributed by atoms with Gasteiger partial charge in [-0.2, -0.15) is 13.2 Å². The average molecular weight is 369 g/mol. The lowest BCUT2D eigenvalue weighted by Crippen LogP contribution is -2.07. The summed E-state index contributed by atoms with van der Waals surface area (Å²) in [6.45, 7) is 0. The number of hydrogen-bond acceptors (Lipinski definition) is 3. The molecule has 0 radical (unpaired) electrons. The van der Waals surface area contributed by atoms with E-state index >= 15 is 0 Å². The molecule has 1 N–H and O–H groups in total. The molecule has 106 valence electrons. The second-order valence-electron chi connectivity index (χ2n) is 3.72. The van der Waals surface area contributed by atoms with Crippen LogP contribution in [0.3, 0.4) is 0 Å². The number of aromatic hydroxyl groups is 1. The maximum atomic E-state index is 12.8. The lowest BCUT2D eigenvalue weighted by molar-refractivity contribution is -0.138. The predicted octanol–water partition coefficient (Wildman–Crippen LogP) is 5.01. The van der Waals surface area contributed by atoms with Crippen LogP contribution in [0.2, 0.25) is 5.02 Å². The minimum atomic E-state index is -4.68. The Bertz CT molecular complexity index is 629. The van der Waals surface area contributed by atoms with Crippen LogP contribution in [0.5, 0.6) is 17.4 Å². The summed E-state index contributed by atoms with van der Waals surface area (Å²) in [5, 5.41) is 9.74. The minimum Gasteiger partial charge on any atom is -0.491 e. The van der Waals surface area contributed by atoms with E-state index in [2.05, 4.69) is 20.9 Å². The minimum absolute atomic E-state index is 0.0400. The fraction of sp³-hybridized carbons (Fsp3) is 0.0833. The molecule has 8 heteroatoms. The van der Waals surface area contributed by atoms with Gasteiger partial charge in [0.05, 0.1) is 0 Å². The summed E-state index contributed by atoms with van der Waals surface area (Å²) in [6.07, 6.45) is -3.83. The number of ether oxygens (including phenoxy) is 1. The van der Waals surface area contributed by atoms with E-state index in [1.165, 1.54) is 12.1 Å². The maximum Gasteiger partial charge on any atom is 0.420 e. The summed E-state index contributed by atoms with van der Waals surface area (Å²) in [5.41, 5.74) is -1.12.